The van der Waals surface area contributed by atoms with Gasteiger partial charge in [-0.1, -0.05) is 6.07 Å². The highest BCUT2D eigenvalue weighted by Crippen LogP contribution is 2.35. The zero-order chi connectivity index (χ0) is 14.0. The zero-order valence-corrected chi connectivity index (χ0v) is 11.3. The van der Waals surface area contributed by atoms with E-state index in [2.05, 4.69) is 0 Å². The molecule has 0 spiro atoms. The van der Waals surface area contributed by atoms with Crippen molar-refractivity contribution < 1.29 is 13.9 Å². The maximum Gasteiger partial charge on any atom is 0.129 e. The molecule has 2 nitrogen and oxygen atoms in total. The van der Waals surface area contributed by atoms with Crippen LogP contribution in [0.5, 0.6) is 0 Å². The Kier molecular flexibility index (Phi) is 4.29. The van der Waals surface area contributed by atoms with Crippen molar-refractivity contribution in [3.05, 3.63) is 57.3 Å². The normalized spacial score (nSPS) is 14.4. The van der Waals surface area contributed by atoms with Gasteiger partial charge in [-0.05, 0) is 30.7 Å². The van der Waals surface area contributed by atoms with Crippen molar-refractivity contribution in [2.24, 2.45) is 5.73 Å². The van der Waals surface area contributed by atoms with E-state index < -0.39 is 23.7 Å². The van der Waals surface area contributed by atoms with E-state index in [1.807, 2.05) is 13.0 Å². The summed E-state index contributed by atoms with van der Waals surface area (Å²) in [5.74, 6) is -1.90. The number of aryl methyl sites for hydroxylation is 1. The summed E-state index contributed by atoms with van der Waals surface area (Å²) in [6.45, 7) is 2.01. The number of benzene rings is 1. The molecule has 0 bridgehead atoms. The lowest BCUT2D eigenvalue weighted by atomic mass is 9.92. The van der Waals surface area contributed by atoms with Gasteiger partial charge in [0.05, 0.1) is 6.10 Å². The van der Waals surface area contributed by atoms with Crippen molar-refractivity contribution in [1.82, 2.24) is 0 Å². The van der Waals surface area contributed by atoms with E-state index in [-0.39, 0.29) is 12.1 Å². The van der Waals surface area contributed by atoms with Crippen molar-refractivity contribution in [2.45, 2.75) is 18.9 Å². The molecule has 2 aromatic rings. The van der Waals surface area contributed by atoms with Crippen molar-refractivity contribution in [1.29, 1.82) is 0 Å². The van der Waals surface area contributed by atoms with Gasteiger partial charge in [0, 0.05) is 28.3 Å². The molecule has 0 saturated carbocycles. The van der Waals surface area contributed by atoms with Gasteiger partial charge in [-0.2, -0.15) is 0 Å². The van der Waals surface area contributed by atoms with Crippen molar-refractivity contribution in [2.75, 3.05) is 6.54 Å². The summed E-state index contributed by atoms with van der Waals surface area (Å²) in [4.78, 5) is 1.79. The molecule has 102 valence electrons. The van der Waals surface area contributed by atoms with E-state index in [1.54, 1.807) is 6.07 Å². The van der Waals surface area contributed by atoms with Gasteiger partial charge in [0.2, 0.25) is 0 Å². The third kappa shape index (κ3) is 3.00. The number of hydrogen-bond donors (Lipinski definition) is 2. The van der Waals surface area contributed by atoms with Crippen LogP contribution in [0.1, 0.15) is 27.3 Å². The molecule has 0 aliphatic heterocycles. The van der Waals surface area contributed by atoms with Gasteiger partial charge in [-0.25, -0.2) is 8.78 Å². The number of nitrogens with two attached hydrogens (primary N) is 1. The van der Waals surface area contributed by atoms with Crippen LogP contribution in [-0.2, 0) is 0 Å². The van der Waals surface area contributed by atoms with Gasteiger partial charge in [0.1, 0.15) is 11.6 Å². The van der Waals surface area contributed by atoms with Crippen molar-refractivity contribution >= 4 is 11.3 Å². The van der Waals surface area contributed by atoms with Gasteiger partial charge in [-0.3, -0.25) is 0 Å². The van der Waals surface area contributed by atoms with Crippen LogP contribution in [0.2, 0.25) is 0 Å². The molecular weight excluding hydrogens is 268 g/mol. The maximum absolute atomic E-state index is 13.8. The monoisotopic (exact) mass is 283 g/mol. The van der Waals surface area contributed by atoms with E-state index in [4.69, 9.17) is 5.73 Å². The highest BCUT2D eigenvalue weighted by Gasteiger charge is 2.25. The summed E-state index contributed by atoms with van der Waals surface area (Å²) in [7, 11) is 0. The van der Waals surface area contributed by atoms with E-state index in [0.717, 1.165) is 15.8 Å². The van der Waals surface area contributed by atoms with Crippen LogP contribution in [0.3, 0.4) is 0 Å². The van der Waals surface area contributed by atoms with Crippen LogP contribution in [0.25, 0.3) is 0 Å². The topological polar surface area (TPSA) is 46.2 Å². The summed E-state index contributed by atoms with van der Waals surface area (Å²) < 4.78 is 26.7. The first-order valence-electron chi connectivity index (χ1n) is 5.92. The molecule has 0 amide bonds. The van der Waals surface area contributed by atoms with Crippen LogP contribution < -0.4 is 5.73 Å². The number of hydrogen-bond acceptors (Lipinski definition) is 3. The average Bonchev–Trinajstić information content (AvgIpc) is 2.79. The second kappa shape index (κ2) is 5.77. The molecule has 3 N–H and O–H groups in total. The summed E-state index contributed by atoms with van der Waals surface area (Å²) in [5, 5.41) is 10.3. The molecule has 1 heterocycles. The SMILES string of the molecule is Cc1ccc(C(O)C(CN)c2ccc(F)cc2F)s1. The molecule has 1 aromatic carbocycles. The van der Waals surface area contributed by atoms with Crippen LogP contribution >= 0.6 is 11.3 Å². The Morgan fingerprint density at radius 2 is 2.00 bits per heavy atom. The average molecular weight is 283 g/mol. The molecule has 19 heavy (non-hydrogen) atoms. The molecule has 1 aromatic heterocycles. The number of rotatable bonds is 4. The van der Waals surface area contributed by atoms with Crippen LogP contribution in [0, 0.1) is 18.6 Å². The van der Waals surface area contributed by atoms with E-state index in [0.29, 0.717) is 0 Å². The minimum absolute atomic E-state index is 0.0840. The number of aliphatic hydroxyl groups excluding tert-OH is 1. The molecule has 2 atom stereocenters. The molecule has 2 unspecified atom stereocenters. The van der Waals surface area contributed by atoms with Gasteiger partial charge >= 0.3 is 0 Å². The van der Waals surface area contributed by atoms with Gasteiger partial charge in [0.15, 0.2) is 0 Å². The standard InChI is InChI=1S/C14H15F2NOS/c1-8-2-5-13(19-8)14(18)11(7-17)10-4-3-9(15)6-12(10)16/h2-6,11,14,18H,7,17H2,1H3. The third-order valence-electron chi connectivity index (χ3n) is 3.05. The first kappa shape index (κ1) is 14.1. The lowest BCUT2D eigenvalue weighted by Gasteiger charge is -2.21. The smallest absolute Gasteiger partial charge is 0.129 e. The summed E-state index contributed by atoms with van der Waals surface area (Å²) in [5.41, 5.74) is 5.88. The Labute approximate surface area is 114 Å². The number of thiophene rings is 1. The molecule has 0 aliphatic rings. The lowest BCUT2D eigenvalue weighted by molar-refractivity contribution is 0.149. The highest BCUT2D eigenvalue weighted by atomic mass is 32.1. The predicted molar refractivity (Wildman–Crippen MR) is 72.2 cm³/mol. The molecule has 2 rings (SSSR count). The Morgan fingerprint density at radius 1 is 1.26 bits per heavy atom. The summed E-state index contributed by atoms with van der Waals surface area (Å²) in [6.07, 6.45) is -0.885. The molecule has 5 heteroatoms. The predicted octanol–water partition coefficient (Wildman–Crippen LogP) is 3.11. The maximum atomic E-state index is 13.8. The molecule has 0 saturated heterocycles. The molecule has 0 aliphatic carbocycles. The van der Waals surface area contributed by atoms with Gasteiger partial charge in [-0.15, -0.1) is 11.3 Å². The Balaban J connectivity index is 2.33. The van der Waals surface area contributed by atoms with Crippen LogP contribution in [0.15, 0.2) is 30.3 Å². The highest BCUT2D eigenvalue weighted by molar-refractivity contribution is 7.12. The second-order valence-electron chi connectivity index (χ2n) is 4.40. The molecule has 0 radical (unpaired) electrons. The fraction of sp³-hybridized carbons (Fsp3) is 0.286. The first-order valence-corrected chi connectivity index (χ1v) is 6.74. The fourth-order valence-electron chi connectivity index (χ4n) is 2.04. The van der Waals surface area contributed by atoms with E-state index >= 15 is 0 Å². The quantitative estimate of drug-likeness (QED) is 0.905. The minimum Gasteiger partial charge on any atom is -0.387 e. The third-order valence-corrected chi connectivity index (χ3v) is 4.12. The Morgan fingerprint density at radius 3 is 2.53 bits per heavy atom. The molecular formula is C14H15F2NOS. The second-order valence-corrected chi connectivity index (χ2v) is 5.72. The zero-order valence-electron chi connectivity index (χ0n) is 10.4. The van der Waals surface area contributed by atoms with Crippen LogP contribution in [0.4, 0.5) is 8.78 Å². The van der Waals surface area contributed by atoms with E-state index in [1.165, 1.54) is 23.5 Å². The number of halogens is 2. The Hall–Kier alpha value is -1.30. The van der Waals surface area contributed by atoms with Crippen molar-refractivity contribution in [3.8, 4) is 0 Å². The fourth-order valence-corrected chi connectivity index (χ4v) is 2.97. The number of aliphatic hydroxyl groups is 1. The Bertz CT molecular complexity index is 570. The lowest BCUT2D eigenvalue weighted by Crippen LogP contribution is -2.20. The summed E-state index contributed by atoms with van der Waals surface area (Å²) in [6, 6.07) is 7.01. The van der Waals surface area contributed by atoms with Gasteiger partial charge < -0.3 is 10.8 Å². The van der Waals surface area contributed by atoms with E-state index in [9.17, 15) is 13.9 Å². The van der Waals surface area contributed by atoms with Gasteiger partial charge in [0.25, 0.3) is 0 Å². The van der Waals surface area contributed by atoms with Crippen LogP contribution in [-0.4, -0.2) is 11.7 Å². The van der Waals surface area contributed by atoms with Crippen molar-refractivity contribution in [3.63, 3.8) is 0 Å². The minimum atomic E-state index is -0.885. The summed E-state index contributed by atoms with van der Waals surface area (Å²) >= 11 is 1.44. The first-order chi connectivity index (χ1) is 9.02. The largest absolute Gasteiger partial charge is 0.387 e. The molecule has 0 fully saturated rings.